The first-order valence-corrected chi connectivity index (χ1v) is 8.36. The molecule has 0 spiro atoms. The molecule has 1 aliphatic rings. The Morgan fingerprint density at radius 2 is 2.05 bits per heavy atom. The van der Waals surface area contributed by atoms with Crippen molar-refractivity contribution in [2.75, 3.05) is 13.1 Å². The van der Waals surface area contributed by atoms with Crippen LogP contribution in [0.4, 0.5) is 0 Å². The van der Waals surface area contributed by atoms with Crippen LogP contribution in [0.2, 0.25) is 0 Å². The van der Waals surface area contributed by atoms with Crippen molar-refractivity contribution in [1.82, 2.24) is 9.88 Å². The molecule has 1 saturated carbocycles. The van der Waals surface area contributed by atoms with Crippen LogP contribution in [0.3, 0.4) is 0 Å². The highest BCUT2D eigenvalue weighted by Crippen LogP contribution is 2.30. The van der Waals surface area contributed by atoms with Gasteiger partial charge in [0.05, 0.1) is 0 Å². The average molecular weight is 288 g/mol. The second kappa shape index (κ2) is 8.28. The van der Waals surface area contributed by atoms with Gasteiger partial charge >= 0.3 is 0 Å². The van der Waals surface area contributed by atoms with E-state index in [-0.39, 0.29) is 5.92 Å². The highest BCUT2D eigenvalue weighted by atomic mass is 16.1. The van der Waals surface area contributed by atoms with Gasteiger partial charge in [-0.3, -0.25) is 14.7 Å². The molecule has 2 rings (SSSR count). The van der Waals surface area contributed by atoms with Gasteiger partial charge in [-0.05, 0) is 43.0 Å². The van der Waals surface area contributed by atoms with E-state index >= 15 is 0 Å². The Morgan fingerprint density at radius 3 is 2.71 bits per heavy atom. The van der Waals surface area contributed by atoms with E-state index in [2.05, 4.69) is 35.9 Å². The molecule has 1 aromatic heterocycles. The van der Waals surface area contributed by atoms with Crippen molar-refractivity contribution in [2.45, 2.75) is 52.5 Å². The fourth-order valence-electron chi connectivity index (χ4n) is 3.41. The lowest BCUT2D eigenvalue weighted by molar-refractivity contribution is -0.126. The number of hydrogen-bond donors (Lipinski definition) is 0. The molecular formula is C18H28N2O. The summed E-state index contributed by atoms with van der Waals surface area (Å²) in [6.45, 7) is 7.24. The second-order valence-electron chi connectivity index (χ2n) is 6.28. The molecule has 0 bridgehead atoms. The van der Waals surface area contributed by atoms with Crippen LogP contribution in [0.1, 0.15) is 51.5 Å². The molecule has 0 aliphatic heterocycles. The summed E-state index contributed by atoms with van der Waals surface area (Å²) >= 11 is 0. The molecule has 1 aromatic rings. The highest BCUT2D eigenvalue weighted by Gasteiger charge is 2.29. The van der Waals surface area contributed by atoms with E-state index in [1.54, 1.807) is 0 Å². The lowest BCUT2D eigenvalue weighted by Gasteiger charge is -2.32. The van der Waals surface area contributed by atoms with Gasteiger partial charge < -0.3 is 0 Å². The van der Waals surface area contributed by atoms with Gasteiger partial charge in [-0.25, -0.2) is 0 Å². The van der Waals surface area contributed by atoms with Crippen molar-refractivity contribution in [2.24, 2.45) is 11.8 Å². The topological polar surface area (TPSA) is 33.2 Å². The first-order chi connectivity index (χ1) is 10.2. The number of hydrogen-bond acceptors (Lipinski definition) is 3. The summed E-state index contributed by atoms with van der Waals surface area (Å²) in [4.78, 5) is 18.7. The summed E-state index contributed by atoms with van der Waals surface area (Å²) in [5.41, 5.74) is 1.28. The molecule has 0 aromatic carbocycles. The van der Waals surface area contributed by atoms with Gasteiger partial charge in [0.15, 0.2) is 0 Å². The highest BCUT2D eigenvalue weighted by molar-refractivity contribution is 5.81. The SMILES string of the molecule is CCCC1CCC(=O)C(CN(CC)Cc2ccncc2)C1. The Kier molecular flexibility index (Phi) is 6.37. The maximum absolute atomic E-state index is 12.2. The van der Waals surface area contributed by atoms with E-state index in [0.717, 1.165) is 44.8 Å². The monoisotopic (exact) mass is 288 g/mol. The Bertz CT molecular complexity index is 432. The minimum atomic E-state index is 0.247. The van der Waals surface area contributed by atoms with Gasteiger partial charge in [-0.15, -0.1) is 0 Å². The average Bonchev–Trinajstić information content (AvgIpc) is 2.51. The zero-order valence-corrected chi connectivity index (χ0v) is 13.4. The molecule has 0 radical (unpaired) electrons. The molecule has 0 saturated heterocycles. The van der Waals surface area contributed by atoms with E-state index in [0.29, 0.717) is 5.78 Å². The van der Waals surface area contributed by atoms with Gasteiger partial charge in [-0.2, -0.15) is 0 Å². The van der Waals surface area contributed by atoms with Crippen LogP contribution in [-0.2, 0) is 11.3 Å². The summed E-state index contributed by atoms with van der Waals surface area (Å²) in [6, 6.07) is 4.12. The number of Topliss-reactive ketones (excluding diaryl/α,β-unsaturated/α-hetero) is 1. The van der Waals surface area contributed by atoms with Crippen LogP contribution in [0.5, 0.6) is 0 Å². The Balaban J connectivity index is 1.91. The predicted octanol–water partition coefficient (Wildman–Crippen LogP) is 3.69. The van der Waals surface area contributed by atoms with Crippen molar-refractivity contribution >= 4 is 5.78 Å². The number of carbonyl (C=O) groups is 1. The number of pyridine rings is 1. The predicted molar refractivity (Wildman–Crippen MR) is 85.9 cm³/mol. The first kappa shape index (κ1) is 16.2. The molecule has 1 fully saturated rings. The Hall–Kier alpha value is -1.22. The number of nitrogens with zero attached hydrogens (tertiary/aromatic N) is 2. The van der Waals surface area contributed by atoms with E-state index < -0.39 is 0 Å². The van der Waals surface area contributed by atoms with E-state index in [4.69, 9.17) is 0 Å². The molecule has 0 amide bonds. The molecule has 116 valence electrons. The lowest BCUT2D eigenvalue weighted by atomic mass is 9.78. The Morgan fingerprint density at radius 1 is 1.29 bits per heavy atom. The number of rotatable bonds is 7. The zero-order valence-electron chi connectivity index (χ0n) is 13.4. The zero-order chi connectivity index (χ0) is 15.1. The van der Waals surface area contributed by atoms with Crippen LogP contribution >= 0.6 is 0 Å². The number of ketones is 1. The van der Waals surface area contributed by atoms with Crippen molar-refractivity contribution in [3.05, 3.63) is 30.1 Å². The normalized spacial score (nSPS) is 22.7. The molecule has 2 unspecified atom stereocenters. The third kappa shape index (κ3) is 4.92. The maximum Gasteiger partial charge on any atom is 0.137 e. The minimum Gasteiger partial charge on any atom is -0.299 e. The van der Waals surface area contributed by atoms with Gasteiger partial charge in [0.2, 0.25) is 0 Å². The fourth-order valence-corrected chi connectivity index (χ4v) is 3.41. The van der Waals surface area contributed by atoms with Gasteiger partial charge in [0, 0.05) is 37.8 Å². The molecule has 2 atom stereocenters. The summed E-state index contributed by atoms with van der Waals surface area (Å²) in [6.07, 6.45) is 9.19. The van der Waals surface area contributed by atoms with E-state index in [1.165, 1.54) is 18.4 Å². The van der Waals surface area contributed by atoms with E-state index in [1.807, 2.05) is 12.4 Å². The second-order valence-corrected chi connectivity index (χ2v) is 6.28. The van der Waals surface area contributed by atoms with Gasteiger partial charge in [0.25, 0.3) is 0 Å². The number of aromatic nitrogens is 1. The third-order valence-corrected chi connectivity index (χ3v) is 4.65. The smallest absolute Gasteiger partial charge is 0.137 e. The largest absolute Gasteiger partial charge is 0.299 e. The van der Waals surface area contributed by atoms with Crippen molar-refractivity contribution in [3.8, 4) is 0 Å². The maximum atomic E-state index is 12.2. The molecular weight excluding hydrogens is 260 g/mol. The Labute approximate surface area is 128 Å². The quantitative estimate of drug-likeness (QED) is 0.767. The third-order valence-electron chi connectivity index (χ3n) is 4.65. The first-order valence-electron chi connectivity index (χ1n) is 8.36. The molecule has 1 heterocycles. The summed E-state index contributed by atoms with van der Waals surface area (Å²) in [5.74, 6) is 1.49. The van der Waals surface area contributed by atoms with Crippen LogP contribution in [0.25, 0.3) is 0 Å². The van der Waals surface area contributed by atoms with Crippen molar-refractivity contribution < 1.29 is 4.79 Å². The van der Waals surface area contributed by atoms with Crippen LogP contribution in [0, 0.1) is 11.8 Å². The number of carbonyl (C=O) groups excluding carboxylic acids is 1. The van der Waals surface area contributed by atoms with Crippen molar-refractivity contribution in [1.29, 1.82) is 0 Å². The minimum absolute atomic E-state index is 0.247. The molecule has 3 nitrogen and oxygen atoms in total. The fraction of sp³-hybridized carbons (Fsp3) is 0.667. The van der Waals surface area contributed by atoms with Crippen molar-refractivity contribution in [3.63, 3.8) is 0 Å². The summed E-state index contributed by atoms with van der Waals surface area (Å²) < 4.78 is 0. The van der Waals surface area contributed by atoms with Gasteiger partial charge in [-0.1, -0.05) is 26.7 Å². The molecule has 21 heavy (non-hydrogen) atoms. The standard InChI is InChI=1S/C18H28N2O/c1-3-5-15-6-7-18(21)17(12-15)14-20(4-2)13-16-8-10-19-11-9-16/h8-11,15,17H,3-7,12-14H2,1-2H3. The summed E-state index contributed by atoms with van der Waals surface area (Å²) in [5, 5.41) is 0. The molecule has 0 N–H and O–H groups in total. The van der Waals surface area contributed by atoms with Crippen LogP contribution in [-0.4, -0.2) is 28.8 Å². The molecule has 3 heteroatoms. The lowest BCUT2D eigenvalue weighted by Crippen LogP contribution is -2.36. The van der Waals surface area contributed by atoms with Crippen LogP contribution < -0.4 is 0 Å². The van der Waals surface area contributed by atoms with Gasteiger partial charge in [0.1, 0.15) is 5.78 Å². The molecule has 1 aliphatic carbocycles. The summed E-state index contributed by atoms with van der Waals surface area (Å²) in [7, 11) is 0. The van der Waals surface area contributed by atoms with E-state index in [9.17, 15) is 4.79 Å². The van der Waals surface area contributed by atoms with Crippen LogP contribution in [0.15, 0.2) is 24.5 Å².